The molecular formula is C17H25NO7S. The van der Waals surface area contributed by atoms with Gasteiger partial charge in [-0.1, -0.05) is 30.3 Å². The van der Waals surface area contributed by atoms with Crippen LogP contribution in [0.15, 0.2) is 30.3 Å². The maximum Gasteiger partial charge on any atom is 0.424 e. The molecule has 26 heavy (non-hydrogen) atoms. The van der Waals surface area contributed by atoms with E-state index < -0.39 is 45.7 Å². The van der Waals surface area contributed by atoms with E-state index in [2.05, 4.69) is 0 Å². The van der Waals surface area contributed by atoms with E-state index in [1.165, 1.54) is 0 Å². The van der Waals surface area contributed by atoms with Crippen LogP contribution in [0.3, 0.4) is 0 Å². The van der Waals surface area contributed by atoms with E-state index >= 15 is 0 Å². The van der Waals surface area contributed by atoms with Crippen molar-refractivity contribution in [2.45, 2.75) is 51.2 Å². The highest BCUT2D eigenvalue weighted by molar-refractivity contribution is 7.89. The van der Waals surface area contributed by atoms with Crippen molar-refractivity contribution in [3.05, 3.63) is 35.9 Å². The molecule has 1 aliphatic heterocycles. The average Bonchev–Trinajstić information content (AvgIpc) is 2.50. The lowest BCUT2D eigenvalue weighted by molar-refractivity contribution is -0.0560. The van der Waals surface area contributed by atoms with Gasteiger partial charge in [-0.2, -0.15) is 4.31 Å². The summed E-state index contributed by atoms with van der Waals surface area (Å²) in [7, 11) is -4.15. The molecule has 1 aromatic rings. The third-order valence-electron chi connectivity index (χ3n) is 3.74. The van der Waals surface area contributed by atoms with Crippen LogP contribution in [0, 0.1) is 0 Å². The minimum atomic E-state index is -4.15. The Morgan fingerprint density at radius 2 is 1.85 bits per heavy atom. The van der Waals surface area contributed by atoms with Crippen LogP contribution in [0.25, 0.3) is 0 Å². The first-order chi connectivity index (χ1) is 12.0. The lowest BCUT2D eigenvalue weighted by Gasteiger charge is -2.40. The van der Waals surface area contributed by atoms with Crippen molar-refractivity contribution < 1.29 is 32.9 Å². The van der Waals surface area contributed by atoms with Gasteiger partial charge in [-0.15, -0.1) is 0 Å². The molecule has 1 aliphatic rings. The first-order valence-electron chi connectivity index (χ1n) is 8.24. The van der Waals surface area contributed by atoms with Crippen molar-refractivity contribution in [1.82, 2.24) is 4.31 Å². The molecular weight excluding hydrogens is 362 g/mol. The summed E-state index contributed by atoms with van der Waals surface area (Å²) in [5.74, 6) is -0.761. The summed E-state index contributed by atoms with van der Waals surface area (Å²) in [6, 6.07) is 7.89. The molecule has 2 N–H and O–H groups in total. The quantitative estimate of drug-likeness (QED) is 0.788. The molecule has 1 aromatic carbocycles. The molecule has 0 bridgehead atoms. The fourth-order valence-electron chi connectivity index (χ4n) is 2.59. The summed E-state index contributed by atoms with van der Waals surface area (Å²) < 4.78 is 35.9. The summed E-state index contributed by atoms with van der Waals surface area (Å²) in [5.41, 5.74) is -0.0618. The van der Waals surface area contributed by atoms with Crippen molar-refractivity contribution in [3.63, 3.8) is 0 Å². The van der Waals surface area contributed by atoms with Crippen molar-refractivity contribution in [2.75, 3.05) is 12.4 Å². The van der Waals surface area contributed by atoms with Gasteiger partial charge in [0.1, 0.15) is 17.7 Å². The minimum Gasteiger partial charge on any atom is -0.443 e. The molecule has 0 saturated carbocycles. The first-order valence-corrected chi connectivity index (χ1v) is 9.85. The number of benzene rings is 1. The molecule has 2 rings (SSSR count). The Hall–Kier alpha value is -1.68. The zero-order chi connectivity index (χ0) is 19.5. The maximum absolute atomic E-state index is 12.4. The predicted octanol–water partition coefficient (Wildman–Crippen LogP) is 0.874. The molecule has 9 heteroatoms. The Balaban J connectivity index is 2.17. The van der Waals surface area contributed by atoms with Gasteiger partial charge in [0.25, 0.3) is 0 Å². The van der Waals surface area contributed by atoms with Crippen LogP contribution in [-0.2, 0) is 26.1 Å². The van der Waals surface area contributed by atoms with Crippen LogP contribution in [-0.4, -0.2) is 65.2 Å². The number of ether oxygens (including phenoxy) is 2. The number of hydrogen-bond acceptors (Lipinski definition) is 7. The maximum atomic E-state index is 12.4. The molecule has 8 nitrogen and oxygen atoms in total. The summed E-state index contributed by atoms with van der Waals surface area (Å²) in [5, 5.41) is 20.1. The SMILES string of the molecule is CC(C)(C)OC(=O)N1[C@@H](COCc2ccccc2)[C@H](O)[C@H](O)CS1(=O)=O. The van der Waals surface area contributed by atoms with Gasteiger partial charge in [-0.3, -0.25) is 0 Å². The van der Waals surface area contributed by atoms with E-state index in [1.54, 1.807) is 20.8 Å². The lowest BCUT2D eigenvalue weighted by atomic mass is 10.1. The van der Waals surface area contributed by atoms with E-state index in [0.717, 1.165) is 5.56 Å². The van der Waals surface area contributed by atoms with Crippen LogP contribution in [0.2, 0.25) is 0 Å². The van der Waals surface area contributed by atoms with Gasteiger partial charge in [0.2, 0.25) is 10.0 Å². The smallest absolute Gasteiger partial charge is 0.424 e. The molecule has 3 atom stereocenters. The third kappa shape index (κ3) is 5.16. The normalized spacial score (nSPS) is 25.7. The number of rotatable bonds is 4. The van der Waals surface area contributed by atoms with Gasteiger partial charge in [0.15, 0.2) is 0 Å². The molecule has 0 aliphatic carbocycles. The van der Waals surface area contributed by atoms with Crippen LogP contribution < -0.4 is 0 Å². The minimum absolute atomic E-state index is 0.169. The van der Waals surface area contributed by atoms with Gasteiger partial charge in [0, 0.05) is 0 Å². The Kier molecular flexibility index (Phi) is 6.28. The number of amides is 1. The summed E-state index contributed by atoms with van der Waals surface area (Å²) in [6.45, 7) is 4.71. The zero-order valence-electron chi connectivity index (χ0n) is 15.0. The van der Waals surface area contributed by atoms with Crippen LogP contribution in [0.1, 0.15) is 26.3 Å². The number of sulfonamides is 1. The molecule has 0 unspecified atom stereocenters. The molecule has 0 spiro atoms. The number of aliphatic hydroxyl groups excluding tert-OH is 2. The summed E-state index contributed by atoms with van der Waals surface area (Å²) in [6.07, 6.45) is -4.08. The van der Waals surface area contributed by atoms with Gasteiger partial charge < -0.3 is 19.7 Å². The van der Waals surface area contributed by atoms with Crippen molar-refractivity contribution in [3.8, 4) is 0 Å². The number of aliphatic hydroxyl groups is 2. The van der Waals surface area contributed by atoms with Crippen LogP contribution >= 0.6 is 0 Å². The monoisotopic (exact) mass is 387 g/mol. The molecule has 1 heterocycles. The molecule has 0 aromatic heterocycles. The zero-order valence-corrected chi connectivity index (χ0v) is 15.8. The second kappa shape index (κ2) is 7.91. The van der Waals surface area contributed by atoms with Gasteiger partial charge in [-0.05, 0) is 26.3 Å². The van der Waals surface area contributed by atoms with Crippen LogP contribution in [0.4, 0.5) is 4.79 Å². The predicted molar refractivity (Wildman–Crippen MR) is 93.8 cm³/mol. The number of carbonyl (C=O) groups excluding carboxylic acids is 1. The van der Waals surface area contributed by atoms with Crippen molar-refractivity contribution >= 4 is 16.1 Å². The highest BCUT2D eigenvalue weighted by Crippen LogP contribution is 2.25. The third-order valence-corrected chi connectivity index (χ3v) is 5.53. The standard InChI is InChI=1S/C17H25NO7S/c1-17(2,3)25-16(21)18-13(15(20)14(19)11-26(18,22)23)10-24-9-12-7-5-4-6-8-12/h4-8,13-15,19-20H,9-11H2,1-3H3/t13-,14+,15-/m0/s1. The molecule has 0 radical (unpaired) electrons. The summed E-state index contributed by atoms with van der Waals surface area (Å²) >= 11 is 0. The number of carbonyl (C=O) groups is 1. The second-order valence-corrected chi connectivity index (χ2v) is 9.07. The molecule has 1 saturated heterocycles. The van der Waals surface area contributed by atoms with Gasteiger partial charge >= 0.3 is 6.09 Å². The Morgan fingerprint density at radius 1 is 1.23 bits per heavy atom. The molecule has 1 fully saturated rings. The Labute approximate surface area is 153 Å². The second-order valence-electron chi connectivity index (χ2n) is 7.18. The highest BCUT2D eigenvalue weighted by Gasteiger charge is 2.49. The van der Waals surface area contributed by atoms with Crippen LogP contribution in [0.5, 0.6) is 0 Å². The summed E-state index contributed by atoms with van der Waals surface area (Å²) in [4.78, 5) is 12.4. The van der Waals surface area contributed by atoms with Crippen molar-refractivity contribution in [2.24, 2.45) is 0 Å². The van der Waals surface area contributed by atoms with Crippen molar-refractivity contribution in [1.29, 1.82) is 0 Å². The fraction of sp³-hybridized carbons (Fsp3) is 0.588. The molecule has 1 amide bonds. The first kappa shape index (κ1) is 20.6. The Morgan fingerprint density at radius 3 is 2.42 bits per heavy atom. The Bertz CT molecular complexity index is 714. The topological polar surface area (TPSA) is 113 Å². The van der Waals surface area contributed by atoms with Gasteiger partial charge in [-0.25, -0.2) is 13.2 Å². The van der Waals surface area contributed by atoms with E-state index in [-0.39, 0.29) is 13.2 Å². The number of hydrogen-bond donors (Lipinski definition) is 2. The lowest BCUT2D eigenvalue weighted by Crippen LogP contribution is -2.63. The fourth-order valence-corrected chi connectivity index (χ4v) is 4.24. The van der Waals surface area contributed by atoms with Gasteiger partial charge in [0.05, 0.1) is 25.1 Å². The average molecular weight is 387 g/mol. The molecule has 146 valence electrons. The largest absolute Gasteiger partial charge is 0.443 e. The van der Waals surface area contributed by atoms with E-state index in [0.29, 0.717) is 4.31 Å². The van der Waals surface area contributed by atoms with E-state index in [1.807, 2.05) is 30.3 Å². The number of nitrogens with zero attached hydrogens (tertiary/aromatic N) is 1. The van der Waals surface area contributed by atoms with E-state index in [4.69, 9.17) is 9.47 Å². The van der Waals surface area contributed by atoms with E-state index in [9.17, 15) is 23.4 Å². The highest BCUT2D eigenvalue weighted by atomic mass is 32.2.